The Kier molecular flexibility index (Phi) is 5.49. The van der Waals surface area contributed by atoms with Crippen LogP contribution in [0.5, 0.6) is 0 Å². The van der Waals surface area contributed by atoms with Crippen molar-refractivity contribution in [2.45, 2.75) is 19.8 Å². The molecule has 110 valence electrons. The van der Waals surface area contributed by atoms with Crippen molar-refractivity contribution < 1.29 is 14.3 Å². The Morgan fingerprint density at radius 2 is 2.45 bits per heavy atom. The smallest absolute Gasteiger partial charge is 0.310 e. The van der Waals surface area contributed by atoms with Gasteiger partial charge in [0.1, 0.15) is 0 Å². The van der Waals surface area contributed by atoms with Crippen molar-refractivity contribution in [1.29, 1.82) is 0 Å². The number of ether oxygens (including phenoxy) is 1. The highest BCUT2D eigenvalue weighted by Gasteiger charge is 2.27. The summed E-state index contributed by atoms with van der Waals surface area (Å²) in [5, 5.41) is 5.17. The first-order chi connectivity index (χ1) is 9.69. The zero-order chi connectivity index (χ0) is 14.4. The number of nitrogens with one attached hydrogen (secondary N) is 1. The Labute approximate surface area is 122 Å². The highest BCUT2D eigenvalue weighted by molar-refractivity contribution is 7.13. The molecule has 1 aliphatic heterocycles. The first-order valence-corrected chi connectivity index (χ1v) is 7.65. The number of nitrogens with zero attached hydrogens (tertiary/aromatic N) is 2. The number of thiazole rings is 1. The van der Waals surface area contributed by atoms with E-state index in [0.717, 1.165) is 19.4 Å². The first kappa shape index (κ1) is 14.9. The molecule has 1 atom stereocenters. The molecule has 0 spiro atoms. The van der Waals surface area contributed by atoms with Gasteiger partial charge in [0, 0.05) is 18.1 Å². The Morgan fingerprint density at radius 1 is 1.60 bits per heavy atom. The second-order valence-corrected chi connectivity index (χ2v) is 5.61. The number of hydrogen-bond donors (Lipinski definition) is 1. The lowest BCUT2D eigenvalue weighted by Gasteiger charge is -2.30. The fraction of sp³-hybridized carbons (Fsp3) is 0.615. The molecular weight excluding hydrogens is 278 g/mol. The molecule has 1 amide bonds. The van der Waals surface area contributed by atoms with Crippen LogP contribution in [-0.4, -0.2) is 48.0 Å². The molecule has 0 aliphatic carbocycles. The molecule has 1 aliphatic rings. The van der Waals surface area contributed by atoms with E-state index in [1.54, 1.807) is 13.1 Å². The van der Waals surface area contributed by atoms with Gasteiger partial charge in [-0.15, -0.1) is 11.3 Å². The third-order valence-electron chi connectivity index (χ3n) is 3.17. The fourth-order valence-corrected chi connectivity index (χ4v) is 2.84. The molecule has 0 unspecified atom stereocenters. The van der Waals surface area contributed by atoms with Gasteiger partial charge in [0.25, 0.3) is 0 Å². The minimum absolute atomic E-state index is 0.0931. The van der Waals surface area contributed by atoms with Crippen molar-refractivity contribution in [3.63, 3.8) is 0 Å². The van der Waals surface area contributed by atoms with Gasteiger partial charge in [-0.2, -0.15) is 0 Å². The van der Waals surface area contributed by atoms with Crippen molar-refractivity contribution in [2.24, 2.45) is 5.92 Å². The highest BCUT2D eigenvalue weighted by atomic mass is 32.1. The van der Waals surface area contributed by atoms with Gasteiger partial charge in [-0.25, -0.2) is 4.98 Å². The summed E-state index contributed by atoms with van der Waals surface area (Å²) in [7, 11) is 0. The van der Waals surface area contributed by atoms with Crippen molar-refractivity contribution >= 4 is 28.3 Å². The molecule has 0 bridgehead atoms. The maximum Gasteiger partial charge on any atom is 0.310 e. The predicted octanol–water partition coefficient (Wildman–Crippen LogP) is 1.36. The molecular formula is C13H19N3O3S. The lowest BCUT2D eigenvalue weighted by molar-refractivity contribution is -0.150. The van der Waals surface area contributed by atoms with Crippen LogP contribution in [-0.2, 0) is 14.3 Å². The van der Waals surface area contributed by atoms with Crippen LogP contribution in [0, 0.1) is 5.92 Å². The van der Waals surface area contributed by atoms with Gasteiger partial charge in [0.15, 0.2) is 5.13 Å². The molecule has 2 heterocycles. The minimum Gasteiger partial charge on any atom is -0.466 e. The summed E-state index contributed by atoms with van der Waals surface area (Å²) in [6.07, 6.45) is 3.40. The van der Waals surface area contributed by atoms with Gasteiger partial charge in [-0.1, -0.05) is 0 Å². The minimum atomic E-state index is -0.155. The van der Waals surface area contributed by atoms with Crippen LogP contribution in [0.4, 0.5) is 5.13 Å². The summed E-state index contributed by atoms with van der Waals surface area (Å²) in [6.45, 7) is 3.92. The SMILES string of the molecule is CCOC(=O)[C@@H]1CCCN(CC(=O)Nc2nccs2)C1. The van der Waals surface area contributed by atoms with Gasteiger partial charge in [0.05, 0.1) is 19.1 Å². The number of carbonyl (C=O) groups excluding carboxylic acids is 2. The first-order valence-electron chi connectivity index (χ1n) is 6.77. The Hall–Kier alpha value is -1.47. The van der Waals surface area contributed by atoms with Crippen LogP contribution in [0.3, 0.4) is 0 Å². The van der Waals surface area contributed by atoms with Gasteiger partial charge in [-0.05, 0) is 26.3 Å². The quantitative estimate of drug-likeness (QED) is 0.831. The summed E-state index contributed by atoms with van der Waals surface area (Å²) < 4.78 is 5.05. The third-order valence-corrected chi connectivity index (χ3v) is 3.86. The molecule has 6 nitrogen and oxygen atoms in total. The van der Waals surface area contributed by atoms with Crippen molar-refractivity contribution in [1.82, 2.24) is 9.88 Å². The number of carbonyl (C=O) groups is 2. The second-order valence-electron chi connectivity index (χ2n) is 4.71. The summed E-state index contributed by atoms with van der Waals surface area (Å²) in [4.78, 5) is 29.6. The van der Waals surface area contributed by atoms with E-state index in [1.807, 2.05) is 10.3 Å². The average Bonchev–Trinajstić information content (AvgIpc) is 2.92. The van der Waals surface area contributed by atoms with Gasteiger partial charge in [-0.3, -0.25) is 14.5 Å². The summed E-state index contributed by atoms with van der Waals surface area (Å²) in [5.41, 5.74) is 0. The van der Waals surface area contributed by atoms with Crippen LogP contribution in [0.15, 0.2) is 11.6 Å². The zero-order valence-corrected chi connectivity index (χ0v) is 12.3. The van der Waals surface area contributed by atoms with Gasteiger partial charge >= 0.3 is 5.97 Å². The summed E-state index contributed by atoms with van der Waals surface area (Å²) in [5.74, 6) is -0.363. The van der Waals surface area contributed by atoms with E-state index in [1.165, 1.54) is 11.3 Å². The Bertz CT molecular complexity index is 450. The van der Waals surface area contributed by atoms with Crippen molar-refractivity contribution in [3.05, 3.63) is 11.6 Å². The number of esters is 1. The second kappa shape index (κ2) is 7.35. The summed E-state index contributed by atoms with van der Waals surface area (Å²) >= 11 is 1.39. The molecule has 0 radical (unpaired) electrons. The number of hydrogen-bond acceptors (Lipinski definition) is 6. The van der Waals surface area contributed by atoms with E-state index < -0.39 is 0 Å². The van der Waals surface area contributed by atoms with Gasteiger partial charge in [0.2, 0.25) is 5.91 Å². The molecule has 1 N–H and O–H groups in total. The number of aromatic nitrogens is 1. The summed E-state index contributed by atoms with van der Waals surface area (Å²) in [6, 6.07) is 0. The molecule has 1 aromatic heterocycles. The molecule has 1 aromatic rings. The third kappa shape index (κ3) is 4.28. The fourth-order valence-electron chi connectivity index (χ4n) is 2.30. The van der Waals surface area contributed by atoms with E-state index in [9.17, 15) is 9.59 Å². The van der Waals surface area contributed by atoms with Crippen LogP contribution < -0.4 is 5.32 Å². The molecule has 0 aromatic carbocycles. The Morgan fingerprint density at radius 3 is 3.15 bits per heavy atom. The van der Waals surface area contributed by atoms with E-state index in [0.29, 0.717) is 18.3 Å². The van der Waals surface area contributed by atoms with Crippen LogP contribution in [0.1, 0.15) is 19.8 Å². The highest BCUT2D eigenvalue weighted by Crippen LogP contribution is 2.18. The molecule has 20 heavy (non-hydrogen) atoms. The molecule has 1 fully saturated rings. The lowest BCUT2D eigenvalue weighted by Crippen LogP contribution is -2.43. The lowest BCUT2D eigenvalue weighted by atomic mass is 9.98. The number of rotatable bonds is 5. The van der Waals surface area contributed by atoms with E-state index in [4.69, 9.17) is 4.74 Å². The average molecular weight is 297 g/mol. The molecule has 7 heteroatoms. The van der Waals surface area contributed by atoms with Crippen molar-refractivity contribution in [3.8, 4) is 0 Å². The zero-order valence-electron chi connectivity index (χ0n) is 11.5. The molecule has 1 saturated heterocycles. The van der Waals surface area contributed by atoms with E-state index in [2.05, 4.69) is 10.3 Å². The molecule has 0 saturated carbocycles. The van der Waals surface area contributed by atoms with E-state index in [-0.39, 0.29) is 24.3 Å². The predicted molar refractivity (Wildman–Crippen MR) is 76.5 cm³/mol. The maximum atomic E-state index is 11.9. The largest absolute Gasteiger partial charge is 0.466 e. The number of likely N-dealkylation sites (tertiary alicyclic amines) is 1. The van der Waals surface area contributed by atoms with Gasteiger partial charge < -0.3 is 10.1 Å². The van der Waals surface area contributed by atoms with E-state index >= 15 is 0 Å². The van der Waals surface area contributed by atoms with Crippen LogP contribution in [0.2, 0.25) is 0 Å². The molecule has 2 rings (SSSR count). The van der Waals surface area contributed by atoms with Crippen LogP contribution >= 0.6 is 11.3 Å². The Balaban J connectivity index is 1.80. The normalized spacial score (nSPS) is 19.6. The monoisotopic (exact) mass is 297 g/mol. The number of anilines is 1. The standard InChI is InChI=1S/C13H19N3O3S/c1-2-19-12(18)10-4-3-6-16(8-10)9-11(17)15-13-14-5-7-20-13/h5,7,10H,2-4,6,8-9H2,1H3,(H,14,15,17)/t10-/m1/s1. The van der Waals surface area contributed by atoms with Crippen LogP contribution in [0.25, 0.3) is 0 Å². The maximum absolute atomic E-state index is 11.9. The van der Waals surface area contributed by atoms with Crippen molar-refractivity contribution in [2.75, 3.05) is 31.6 Å². The number of amides is 1. The number of piperidine rings is 1. The topological polar surface area (TPSA) is 71.5 Å².